The van der Waals surface area contributed by atoms with Crippen LogP contribution in [-0.2, 0) is 4.79 Å². The van der Waals surface area contributed by atoms with Gasteiger partial charge in [-0.25, -0.2) is 0 Å². The minimum absolute atomic E-state index is 0.219. The molecule has 6 nitrogen and oxygen atoms in total. The molecule has 0 atom stereocenters. The van der Waals surface area contributed by atoms with Crippen molar-refractivity contribution in [2.75, 3.05) is 11.4 Å². The Balaban J connectivity index is 1.73. The summed E-state index contributed by atoms with van der Waals surface area (Å²) in [7, 11) is 0. The van der Waals surface area contributed by atoms with E-state index in [0.717, 1.165) is 26.9 Å². The van der Waals surface area contributed by atoms with E-state index in [1.165, 1.54) is 15.9 Å². The number of hydrogen-bond acceptors (Lipinski definition) is 5. The topological polar surface area (TPSA) is 67.6 Å². The lowest BCUT2D eigenvalue weighted by molar-refractivity contribution is -0.112. The number of halogens is 1. The van der Waals surface area contributed by atoms with E-state index in [1.54, 1.807) is 11.0 Å². The van der Waals surface area contributed by atoms with Crippen molar-refractivity contribution in [3.8, 4) is 11.4 Å². The van der Waals surface area contributed by atoms with Crippen LogP contribution in [0.5, 0.6) is 0 Å². The normalized spacial score (nSPS) is 15.1. The molecular formula is C22H15BrN4O2S. The second-order valence-corrected chi connectivity index (χ2v) is 8.87. The number of carbonyl (C=O) groups is 1. The standard InChI is InChI=1S/C22H15BrN4O2S/c1-3-10-26-16-9-8-14(23)11-15(16)17(20(26)28)18-21(29)27-22(30-18)24-19(25-27)13-6-4-12(2)5-7-13/h3-9,11H,1,10H2,2H3. The van der Waals surface area contributed by atoms with Crippen LogP contribution in [0.25, 0.3) is 21.9 Å². The fraction of sp³-hybridized carbons (Fsp3) is 0.0909. The van der Waals surface area contributed by atoms with Gasteiger partial charge in [0.25, 0.3) is 11.5 Å². The third-order valence-electron chi connectivity index (χ3n) is 4.98. The van der Waals surface area contributed by atoms with Crippen molar-refractivity contribution in [1.82, 2.24) is 14.6 Å². The lowest BCUT2D eigenvalue weighted by atomic mass is 10.1. The number of benzene rings is 2. The van der Waals surface area contributed by atoms with Crippen LogP contribution in [-0.4, -0.2) is 27.0 Å². The fourth-order valence-corrected chi connectivity index (χ4v) is 4.90. The molecule has 5 rings (SSSR count). The van der Waals surface area contributed by atoms with Crippen LogP contribution in [0.3, 0.4) is 0 Å². The molecule has 0 aliphatic carbocycles. The minimum atomic E-state index is -0.337. The Bertz CT molecular complexity index is 1450. The number of nitrogens with zero attached hydrogens (tertiary/aromatic N) is 4. The second-order valence-electron chi connectivity index (χ2n) is 6.97. The van der Waals surface area contributed by atoms with Crippen LogP contribution >= 0.6 is 27.3 Å². The summed E-state index contributed by atoms with van der Waals surface area (Å²) in [5.41, 5.74) is 3.50. The molecule has 1 aliphatic heterocycles. The molecule has 1 amide bonds. The summed E-state index contributed by atoms with van der Waals surface area (Å²) in [5, 5.41) is 4.40. The number of aromatic nitrogens is 3. The molecule has 0 radical (unpaired) electrons. The van der Waals surface area contributed by atoms with Gasteiger partial charge in [-0.2, -0.15) is 9.50 Å². The SMILES string of the molecule is C=CCN1C(=O)C(=c2sc3nc(-c4ccc(C)cc4)nn3c2=O)c2cc(Br)ccc21. The number of rotatable bonds is 3. The van der Waals surface area contributed by atoms with Gasteiger partial charge in [-0.05, 0) is 25.1 Å². The van der Waals surface area contributed by atoms with Crippen molar-refractivity contribution in [1.29, 1.82) is 0 Å². The lowest BCUT2D eigenvalue weighted by Crippen LogP contribution is -2.32. The summed E-state index contributed by atoms with van der Waals surface area (Å²) in [6, 6.07) is 13.4. The fourth-order valence-electron chi connectivity index (χ4n) is 3.54. The third kappa shape index (κ3) is 2.83. The van der Waals surface area contributed by atoms with Gasteiger partial charge in [0.1, 0.15) is 4.53 Å². The Morgan fingerprint density at radius 2 is 1.93 bits per heavy atom. The van der Waals surface area contributed by atoms with Gasteiger partial charge < -0.3 is 4.90 Å². The zero-order valence-corrected chi connectivity index (χ0v) is 18.3. The highest BCUT2D eigenvalue weighted by Gasteiger charge is 2.34. The molecule has 0 unspecified atom stereocenters. The van der Waals surface area contributed by atoms with Gasteiger partial charge in [0.15, 0.2) is 5.82 Å². The van der Waals surface area contributed by atoms with Crippen molar-refractivity contribution < 1.29 is 4.79 Å². The maximum Gasteiger partial charge on any atom is 0.291 e. The molecule has 1 aliphatic rings. The summed E-state index contributed by atoms with van der Waals surface area (Å²) in [5.74, 6) is 0.271. The highest BCUT2D eigenvalue weighted by Crippen LogP contribution is 2.37. The Labute approximate surface area is 183 Å². The van der Waals surface area contributed by atoms with Gasteiger partial charge >= 0.3 is 0 Å². The number of anilines is 1. The van der Waals surface area contributed by atoms with Crippen molar-refractivity contribution in [3.63, 3.8) is 0 Å². The Morgan fingerprint density at radius 3 is 2.63 bits per heavy atom. The molecule has 4 aromatic rings. The molecule has 3 heterocycles. The van der Waals surface area contributed by atoms with E-state index in [9.17, 15) is 9.59 Å². The number of thiazole rings is 1. The van der Waals surface area contributed by atoms with E-state index < -0.39 is 0 Å². The maximum absolute atomic E-state index is 13.2. The largest absolute Gasteiger partial charge is 0.304 e. The summed E-state index contributed by atoms with van der Waals surface area (Å²) >= 11 is 4.65. The van der Waals surface area contributed by atoms with Crippen molar-refractivity contribution in [3.05, 3.63) is 85.6 Å². The Morgan fingerprint density at radius 1 is 1.17 bits per heavy atom. The quantitative estimate of drug-likeness (QED) is 0.423. The first-order chi connectivity index (χ1) is 14.5. The van der Waals surface area contributed by atoms with Crippen LogP contribution in [0, 0.1) is 6.92 Å². The molecule has 2 aromatic heterocycles. The van der Waals surface area contributed by atoms with Crippen molar-refractivity contribution >= 4 is 49.4 Å². The summed E-state index contributed by atoms with van der Waals surface area (Å²) in [6.07, 6.45) is 1.67. The highest BCUT2D eigenvalue weighted by atomic mass is 79.9. The van der Waals surface area contributed by atoms with Crippen LogP contribution in [0.15, 0.2) is 64.4 Å². The zero-order chi connectivity index (χ0) is 21.0. The number of amides is 1. The van der Waals surface area contributed by atoms with E-state index in [1.807, 2.05) is 49.4 Å². The number of hydrogen-bond donors (Lipinski definition) is 0. The first kappa shape index (κ1) is 18.9. The molecule has 0 saturated carbocycles. The van der Waals surface area contributed by atoms with Crippen molar-refractivity contribution in [2.24, 2.45) is 0 Å². The molecule has 0 spiro atoms. The van der Waals surface area contributed by atoms with Gasteiger partial charge in [0, 0.05) is 22.1 Å². The van der Waals surface area contributed by atoms with Gasteiger partial charge in [0.05, 0.1) is 11.3 Å². The van der Waals surface area contributed by atoms with Gasteiger partial charge in [0.2, 0.25) is 4.96 Å². The minimum Gasteiger partial charge on any atom is -0.304 e. The lowest BCUT2D eigenvalue weighted by Gasteiger charge is -2.14. The van der Waals surface area contributed by atoms with E-state index in [0.29, 0.717) is 27.4 Å². The highest BCUT2D eigenvalue weighted by molar-refractivity contribution is 9.10. The molecular weight excluding hydrogens is 464 g/mol. The second kappa shape index (κ2) is 7.00. The van der Waals surface area contributed by atoms with Crippen molar-refractivity contribution in [2.45, 2.75) is 6.92 Å². The van der Waals surface area contributed by atoms with E-state index in [2.05, 4.69) is 32.6 Å². The summed E-state index contributed by atoms with van der Waals surface area (Å²) < 4.78 is 2.46. The van der Waals surface area contributed by atoms with Gasteiger partial charge in [-0.3, -0.25) is 9.59 Å². The van der Waals surface area contributed by atoms with Crippen LogP contribution in [0.2, 0.25) is 0 Å². The molecule has 0 bridgehead atoms. The third-order valence-corrected chi connectivity index (χ3v) is 6.51. The molecule has 2 aromatic carbocycles. The number of aryl methyl sites for hydroxylation is 1. The smallest absolute Gasteiger partial charge is 0.291 e. The van der Waals surface area contributed by atoms with Crippen LogP contribution in [0.4, 0.5) is 5.69 Å². The number of carbonyl (C=O) groups excluding carboxylic acids is 1. The molecule has 0 saturated heterocycles. The predicted molar refractivity (Wildman–Crippen MR) is 122 cm³/mol. The molecule has 148 valence electrons. The maximum atomic E-state index is 13.2. The van der Waals surface area contributed by atoms with Gasteiger partial charge in [-0.15, -0.1) is 11.7 Å². The zero-order valence-electron chi connectivity index (χ0n) is 15.9. The molecule has 0 N–H and O–H groups in total. The first-order valence-electron chi connectivity index (χ1n) is 9.21. The van der Waals surface area contributed by atoms with Crippen LogP contribution in [0.1, 0.15) is 11.1 Å². The van der Waals surface area contributed by atoms with E-state index in [4.69, 9.17) is 0 Å². The Hall–Kier alpha value is -3.10. The van der Waals surface area contributed by atoms with Gasteiger partial charge in [-0.1, -0.05) is 63.2 Å². The van der Waals surface area contributed by atoms with E-state index >= 15 is 0 Å². The van der Waals surface area contributed by atoms with E-state index in [-0.39, 0.29) is 11.5 Å². The monoisotopic (exact) mass is 478 g/mol. The average molecular weight is 479 g/mol. The molecule has 0 fully saturated rings. The average Bonchev–Trinajstić information content (AvgIpc) is 3.35. The Kier molecular flexibility index (Phi) is 4.41. The predicted octanol–water partition coefficient (Wildman–Crippen LogP) is 3.34. The summed E-state index contributed by atoms with van der Waals surface area (Å²) in [4.78, 5) is 33.0. The van der Waals surface area contributed by atoms with Crippen LogP contribution < -0.4 is 15.0 Å². The first-order valence-corrected chi connectivity index (χ1v) is 10.8. The number of fused-ring (bicyclic) bond motifs is 2. The molecule has 8 heteroatoms. The summed E-state index contributed by atoms with van der Waals surface area (Å²) in [6.45, 7) is 6.11. The molecule has 30 heavy (non-hydrogen) atoms.